The van der Waals surface area contributed by atoms with Crippen LogP contribution in [0.4, 0.5) is 0 Å². The second-order valence-electron chi connectivity index (χ2n) is 7.23. The van der Waals surface area contributed by atoms with E-state index in [1.165, 1.54) is 0 Å². The van der Waals surface area contributed by atoms with Crippen LogP contribution in [-0.2, 0) is 0 Å². The summed E-state index contributed by atoms with van der Waals surface area (Å²) in [6.45, 7) is 2.15. The summed E-state index contributed by atoms with van der Waals surface area (Å²) in [6, 6.07) is 38.9. The van der Waals surface area contributed by atoms with E-state index in [0.29, 0.717) is 5.56 Å². The van der Waals surface area contributed by atoms with E-state index in [-0.39, 0.29) is 12.3 Å². The molecule has 3 heteroatoms. The highest BCUT2D eigenvalue weighted by atomic mass is 31.2. The molecule has 0 saturated heterocycles. The average molecular weight is 409 g/mol. The summed E-state index contributed by atoms with van der Waals surface area (Å²) in [5, 5.41) is 3.46. The monoisotopic (exact) mass is 409 g/mol. The largest absolute Gasteiger partial charge is 0.292 e. The zero-order valence-corrected chi connectivity index (χ0v) is 17.9. The van der Waals surface area contributed by atoms with E-state index in [4.69, 9.17) is 4.74 Å². The van der Waals surface area contributed by atoms with E-state index >= 15 is 0 Å². The lowest BCUT2D eigenvalue weighted by atomic mass is 10.1. The zero-order valence-electron chi connectivity index (χ0n) is 17.0. The summed E-state index contributed by atoms with van der Waals surface area (Å²) in [6.07, 6.45) is 0. The van der Waals surface area contributed by atoms with Gasteiger partial charge < -0.3 is 0 Å². The molecule has 0 aromatic heterocycles. The molecule has 0 aliphatic carbocycles. The minimum Gasteiger partial charge on any atom is -0.292 e. The van der Waals surface area contributed by atoms with Crippen molar-refractivity contribution in [2.45, 2.75) is 6.92 Å². The summed E-state index contributed by atoms with van der Waals surface area (Å²) in [4.78, 5) is 13.1. The average Bonchev–Trinajstić information content (AvgIpc) is 2.81. The van der Waals surface area contributed by atoms with Crippen LogP contribution in [0.25, 0.3) is 0 Å². The van der Waals surface area contributed by atoms with Crippen molar-refractivity contribution in [1.82, 2.24) is 0 Å². The number of carbonyl (C=O) groups excluding carboxylic acids is 1. The van der Waals surface area contributed by atoms with Crippen molar-refractivity contribution in [3.05, 3.63) is 126 Å². The second-order valence-corrected chi connectivity index (χ2v) is 10.3. The number of hydrogen-bond acceptors (Lipinski definition) is 2. The molecule has 0 spiro atoms. The smallest absolute Gasteiger partial charge is 0.184 e. The Labute approximate surface area is 178 Å². The number of benzene rings is 4. The van der Waals surface area contributed by atoms with Gasteiger partial charge >= 0.3 is 0 Å². The standard InChI is InChI=1S/C27H24NOP/c1-22-12-11-13-23(20-22)27(29)21-28-30(24-14-5-2-6-15-24,25-16-7-3-8-17-25)26-18-9-4-10-19-26/h2-20H,21H2,1H3. The number of hydrogen-bond donors (Lipinski definition) is 0. The van der Waals surface area contributed by atoms with Gasteiger partial charge in [0.05, 0.1) is 7.05 Å². The fraction of sp³-hybridized carbons (Fsp3) is 0.0741. The Morgan fingerprint density at radius 1 is 0.667 bits per heavy atom. The molecule has 0 saturated carbocycles. The summed E-state index contributed by atoms with van der Waals surface area (Å²) >= 11 is 0. The first kappa shape index (κ1) is 20.1. The van der Waals surface area contributed by atoms with Crippen LogP contribution in [0.1, 0.15) is 15.9 Å². The molecule has 0 bridgehead atoms. The van der Waals surface area contributed by atoms with Crippen molar-refractivity contribution in [2.75, 3.05) is 6.54 Å². The number of Topliss-reactive ketones (excluding diaryl/α,β-unsaturated/α-hetero) is 1. The van der Waals surface area contributed by atoms with Gasteiger partial charge in [-0.15, -0.1) is 0 Å². The van der Waals surface area contributed by atoms with Gasteiger partial charge in [0.2, 0.25) is 0 Å². The van der Waals surface area contributed by atoms with Gasteiger partial charge in [-0.05, 0) is 13.0 Å². The molecule has 0 radical (unpaired) electrons. The number of ketones is 1. The highest BCUT2D eigenvalue weighted by Crippen LogP contribution is 2.46. The van der Waals surface area contributed by atoms with Crippen molar-refractivity contribution in [3.8, 4) is 0 Å². The second kappa shape index (κ2) is 9.07. The van der Waals surface area contributed by atoms with Gasteiger partial charge in [-0.25, -0.2) is 0 Å². The van der Waals surface area contributed by atoms with Crippen LogP contribution in [0.2, 0.25) is 0 Å². The first-order chi connectivity index (χ1) is 14.7. The Morgan fingerprint density at radius 3 is 1.57 bits per heavy atom. The molecular formula is C27H24NOP. The number of rotatable bonds is 6. The third-order valence-electron chi connectivity index (χ3n) is 5.16. The SMILES string of the molecule is Cc1cccc(C(=O)CN=P(c2ccccc2)(c2ccccc2)c2ccccc2)c1. The summed E-state index contributed by atoms with van der Waals surface area (Å²) in [5.74, 6) is 0.0471. The first-order valence-electron chi connectivity index (χ1n) is 10.0. The predicted molar refractivity (Wildman–Crippen MR) is 128 cm³/mol. The molecule has 0 atom stereocenters. The highest BCUT2D eigenvalue weighted by Gasteiger charge is 2.27. The summed E-state index contributed by atoms with van der Waals surface area (Å²) in [7, 11) is -2.34. The topological polar surface area (TPSA) is 29.4 Å². The maximum Gasteiger partial charge on any atom is 0.184 e. The molecule has 0 amide bonds. The van der Waals surface area contributed by atoms with Crippen LogP contribution in [0.5, 0.6) is 0 Å². The van der Waals surface area contributed by atoms with E-state index in [9.17, 15) is 4.79 Å². The van der Waals surface area contributed by atoms with Crippen LogP contribution in [-0.4, -0.2) is 12.3 Å². The molecule has 0 fully saturated rings. The number of aryl methyl sites for hydroxylation is 1. The van der Waals surface area contributed by atoms with Crippen molar-refractivity contribution < 1.29 is 4.79 Å². The van der Waals surface area contributed by atoms with Gasteiger partial charge in [-0.3, -0.25) is 9.54 Å². The van der Waals surface area contributed by atoms with Crippen LogP contribution in [0.3, 0.4) is 0 Å². The Hall–Kier alpha value is -3.22. The van der Waals surface area contributed by atoms with Crippen molar-refractivity contribution in [1.29, 1.82) is 0 Å². The van der Waals surface area contributed by atoms with Crippen LogP contribution >= 0.6 is 7.05 Å². The Bertz CT molecular complexity index is 1080. The van der Waals surface area contributed by atoms with Crippen LogP contribution in [0, 0.1) is 6.92 Å². The third-order valence-corrected chi connectivity index (χ3v) is 8.86. The number of carbonyl (C=O) groups is 1. The van der Waals surface area contributed by atoms with Gasteiger partial charge in [0.25, 0.3) is 0 Å². The predicted octanol–water partition coefficient (Wildman–Crippen LogP) is 5.36. The van der Waals surface area contributed by atoms with Crippen LogP contribution in [0.15, 0.2) is 120 Å². The lowest BCUT2D eigenvalue weighted by Gasteiger charge is -2.27. The highest BCUT2D eigenvalue weighted by molar-refractivity contribution is 7.87. The zero-order chi connectivity index (χ0) is 20.8. The lowest BCUT2D eigenvalue weighted by molar-refractivity contribution is 0.100. The molecule has 0 aliphatic heterocycles. The van der Waals surface area contributed by atoms with E-state index in [2.05, 4.69) is 36.4 Å². The summed E-state index contributed by atoms with van der Waals surface area (Å²) in [5.41, 5.74) is 1.79. The fourth-order valence-electron chi connectivity index (χ4n) is 3.70. The van der Waals surface area contributed by atoms with Gasteiger partial charge in [-0.2, -0.15) is 0 Å². The molecule has 0 heterocycles. The Morgan fingerprint density at radius 2 is 1.13 bits per heavy atom. The third kappa shape index (κ3) is 4.06. The molecule has 4 aromatic rings. The van der Waals surface area contributed by atoms with Crippen molar-refractivity contribution >= 4 is 28.8 Å². The van der Waals surface area contributed by atoms with Gasteiger partial charge in [0, 0.05) is 21.5 Å². The first-order valence-corrected chi connectivity index (χ1v) is 11.8. The fourth-order valence-corrected chi connectivity index (χ4v) is 7.24. The van der Waals surface area contributed by atoms with Gasteiger partial charge in [-0.1, -0.05) is 115 Å². The normalized spacial score (nSPS) is 11.1. The Kier molecular flexibility index (Phi) is 6.07. The van der Waals surface area contributed by atoms with Gasteiger partial charge in [0.15, 0.2) is 5.78 Å². The quantitative estimate of drug-likeness (QED) is 0.312. The number of nitrogens with zero attached hydrogens (tertiary/aromatic N) is 1. The molecule has 4 rings (SSSR count). The van der Waals surface area contributed by atoms with Gasteiger partial charge in [0.1, 0.15) is 6.54 Å². The molecule has 2 nitrogen and oxygen atoms in total. The van der Waals surface area contributed by atoms with E-state index in [1.54, 1.807) is 0 Å². The molecule has 4 aromatic carbocycles. The molecule has 0 N–H and O–H groups in total. The Balaban J connectivity index is 1.93. The molecule has 30 heavy (non-hydrogen) atoms. The molecule has 148 valence electrons. The van der Waals surface area contributed by atoms with Crippen LogP contribution < -0.4 is 15.9 Å². The van der Waals surface area contributed by atoms with E-state index < -0.39 is 7.05 Å². The minimum absolute atomic E-state index is 0.0471. The van der Waals surface area contributed by atoms with Crippen molar-refractivity contribution in [3.63, 3.8) is 0 Å². The maximum absolute atomic E-state index is 13.1. The van der Waals surface area contributed by atoms with E-state index in [1.807, 2.05) is 85.8 Å². The van der Waals surface area contributed by atoms with Crippen molar-refractivity contribution in [2.24, 2.45) is 4.74 Å². The minimum atomic E-state index is -2.34. The van der Waals surface area contributed by atoms with E-state index in [0.717, 1.165) is 21.5 Å². The molecule has 0 unspecified atom stereocenters. The summed E-state index contributed by atoms with van der Waals surface area (Å²) < 4.78 is 5.23. The lowest BCUT2D eigenvalue weighted by Crippen LogP contribution is -2.26. The molecule has 0 aliphatic rings. The maximum atomic E-state index is 13.1. The molecular weight excluding hydrogens is 385 g/mol.